The second-order valence-corrected chi connectivity index (χ2v) is 5.45. The topological polar surface area (TPSA) is 40.5 Å². The highest BCUT2D eigenvalue weighted by Gasteiger charge is 2.22. The normalized spacial score (nSPS) is 10.8. The van der Waals surface area contributed by atoms with E-state index < -0.39 is 24.2 Å². The Hall–Kier alpha value is -1.72. The molecule has 0 heterocycles. The Balaban J connectivity index is 2.40. The molecular formula is C17H19BF2O2. The second kappa shape index (κ2) is 7.03. The van der Waals surface area contributed by atoms with Gasteiger partial charge in [-0.1, -0.05) is 43.7 Å². The molecule has 22 heavy (non-hydrogen) atoms. The fraction of sp³-hybridized carbons (Fsp3) is 0.294. The van der Waals surface area contributed by atoms with Crippen molar-refractivity contribution in [2.45, 2.75) is 33.1 Å². The molecule has 0 bridgehead atoms. The Morgan fingerprint density at radius 2 is 1.77 bits per heavy atom. The first-order valence-corrected chi connectivity index (χ1v) is 7.39. The van der Waals surface area contributed by atoms with Crippen LogP contribution in [0, 0.1) is 18.6 Å². The van der Waals surface area contributed by atoms with Crippen molar-refractivity contribution in [3.05, 3.63) is 53.1 Å². The number of hydrogen-bond donors (Lipinski definition) is 2. The predicted molar refractivity (Wildman–Crippen MR) is 85.0 cm³/mol. The summed E-state index contributed by atoms with van der Waals surface area (Å²) in [6.07, 6.45) is 3.16. The van der Waals surface area contributed by atoms with Crippen LogP contribution in [0.2, 0.25) is 0 Å². The Morgan fingerprint density at radius 3 is 2.36 bits per heavy atom. The number of hydrogen-bond acceptors (Lipinski definition) is 2. The summed E-state index contributed by atoms with van der Waals surface area (Å²) in [7, 11) is -2.03. The molecule has 0 fully saturated rings. The fourth-order valence-electron chi connectivity index (χ4n) is 2.50. The maximum absolute atomic E-state index is 14.1. The molecule has 0 saturated heterocycles. The summed E-state index contributed by atoms with van der Waals surface area (Å²) in [6, 6.07) is 8.10. The molecule has 0 spiro atoms. The van der Waals surface area contributed by atoms with Crippen LogP contribution in [0.25, 0.3) is 11.1 Å². The van der Waals surface area contributed by atoms with Crippen LogP contribution in [0.15, 0.2) is 30.3 Å². The van der Waals surface area contributed by atoms with Gasteiger partial charge < -0.3 is 10.0 Å². The molecule has 0 radical (unpaired) electrons. The SMILES string of the molecule is CCCCc1ccc(-c2ccc(B(O)O)c(F)c2F)cc1C. The monoisotopic (exact) mass is 304 g/mol. The van der Waals surface area contributed by atoms with Crippen molar-refractivity contribution < 1.29 is 18.8 Å². The van der Waals surface area contributed by atoms with Gasteiger partial charge >= 0.3 is 7.12 Å². The van der Waals surface area contributed by atoms with Crippen molar-refractivity contribution in [2.75, 3.05) is 0 Å². The van der Waals surface area contributed by atoms with Gasteiger partial charge in [0.1, 0.15) is 0 Å². The molecule has 5 heteroatoms. The van der Waals surface area contributed by atoms with Crippen LogP contribution in [-0.2, 0) is 6.42 Å². The molecule has 2 rings (SSSR count). The van der Waals surface area contributed by atoms with Crippen LogP contribution < -0.4 is 5.46 Å². The van der Waals surface area contributed by atoms with Gasteiger partial charge in [0.2, 0.25) is 0 Å². The largest absolute Gasteiger partial charge is 0.491 e. The summed E-state index contributed by atoms with van der Waals surface area (Å²) in [6.45, 7) is 4.08. The van der Waals surface area contributed by atoms with Gasteiger partial charge in [-0.2, -0.15) is 0 Å². The van der Waals surface area contributed by atoms with Gasteiger partial charge in [-0.25, -0.2) is 8.78 Å². The van der Waals surface area contributed by atoms with Crippen LogP contribution in [0.3, 0.4) is 0 Å². The van der Waals surface area contributed by atoms with Gasteiger partial charge in [-0.15, -0.1) is 0 Å². The molecular weight excluding hydrogens is 285 g/mol. The molecule has 0 aliphatic heterocycles. The molecule has 0 aliphatic carbocycles. The summed E-state index contributed by atoms with van der Waals surface area (Å²) in [5, 5.41) is 18.0. The number of halogens is 2. The Bertz CT molecular complexity index is 672. The van der Waals surface area contributed by atoms with Crippen LogP contribution in [0.1, 0.15) is 30.9 Å². The molecule has 0 aromatic heterocycles. The molecule has 0 amide bonds. The number of rotatable bonds is 5. The molecule has 0 unspecified atom stereocenters. The zero-order chi connectivity index (χ0) is 16.3. The first kappa shape index (κ1) is 16.7. The minimum atomic E-state index is -2.03. The van der Waals surface area contributed by atoms with Crippen molar-refractivity contribution in [2.24, 2.45) is 0 Å². The van der Waals surface area contributed by atoms with Gasteiger partial charge in [0.05, 0.1) is 0 Å². The first-order chi connectivity index (χ1) is 10.5. The van der Waals surface area contributed by atoms with Gasteiger partial charge in [0, 0.05) is 11.0 Å². The van der Waals surface area contributed by atoms with Gasteiger partial charge in [-0.05, 0) is 36.5 Å². The molecule has 116 valence electrons. The molecule has 2 aromatic carbocycles. The van der Waals surface area contributed by atoms with E-state index in [2.05, 4.69) is 6.92 Å². The zero-order valence-electron chi connectivity index (χ0n) is 12.7. The van der Waals surface area contributed by atoms with Crippen molar-refractivity contribution in [3.63, 3.8) is 0 Å². The van der Waals surface area contributed by atoms with Crippen molar-refractivity contribution in [3.8, 4) is 11.1 Å². The molecule has 0 saturated carbocycles. The van der Waals surface area contributed by atoms with E-state index in [1.54, 1.807) is 6.07 Å². The average molecular weight is 304 g/mol. The minimum absolute atomic E-state index is 0.118. The van der Waals surface area contributed by atoms with E-state index in [1.807, 2.05) is 19.1 Å². The number of unbranched alkanes of at least 4 members (excludes halogenated alkanes) is 1. The highest BCUT2D eigenvalue weighted by molar-refractivity contribution is 6.58. The lowest BCUT2D eigenvalue weighted by Crippen LogP contribution is -2.33. The minimum Gasteiger partial charge on any atom is -0.423 e. The van der Waals surface area contributed by atoms with Gasteiger partial charge in [0.15, 0.2) is 11.6 Å². The van der Waals surface area contributed by atoms with Crippen molar-refractivity contribution in [1.29, 1.82) is 0 Å². The highest BCUT2D eigenvalue weighted by Crippen LogP contribution is 2.26. The third-order valence-corrected chi connectivity index (χ3v) is 3.84. The van der Waals surface area contributed by atoms with Crippen molar-refractivity contribution in [1.82, 2.24) is 0 Å². The molecule has 0 atom stereocenters. The zero-order valence-corrected chi connectivity index (χ0v) is 12.7. The lowest BCUT2D eigenvalue weighted by molar-refractivity contribution is 0.420. The lowest BCUT2D eigenvalue weighted by Gasteiger charge is -2.11. The third-order valence-electron chi connectivity index (χ3n) is 3.84. The predicted octanol–water partition coefficient (Wildman–Crippen LogP) is 2.96. The highest BCUT2D eigenvalue weighted by atomic mass is 19.2. The van der Waals surface area contributed by atoms with Crippen LogP contribution in [-0.4, -0.2) is 17.2 Å². The lowest BCUT2D eigenvalue weighted by atomic mass is 9.79. The number of aryl methyl sites for hydroxylation is 2. The average Bonchev–Trinajstić information content (AvgIpc) is 2.48. The van der Waals surface area contributed by atoms with E-state index >= 15 is 0 Å². The van der Waals surface area contributed by atoms with E-state index in [-0.39, 0.29) is 5.56 Å². The summed E-state index contributed by atoms with van der Waals surface area (Å²) in [5.74, 6) is -2.29. The van der Waals surface area contributed by atoms with E-state index in [0.29, 0.717) is 5.56 Å². The Morgan fingerprint density at radius 1 is 1.05 bits per heavy atom. The Kier molecular flexibility index (Phi) is 5.32. The quantitative estimate of drug-likeness (QED) is 0.834. The van der Waals surface area contributed by atoms with Crippen molar-refractivity contribution >= 4 is 12.6 Å². The summed E-state index contributed by atoms with van der Waals surface area (Å²) in [5.41, 5.74) is 2.48. The van der Waals surface area contributed by atoms with E-state index in [4.69, 9.17) is 10.0 Å². The summed E-state index contributed by atoms with van der Waals surface area (Å²) in [4.78, 5) is 0. The maximum atomic E-state index is 14.1. The Labute approximate surface area is 129 Å². The summed E-state index contributed by atoms with van der Waals surface area (Å²) >= 11 is 0. The molecule has 0 aliphatic rings. The first-order valence-electron chi connectivity index (χ1n) is 7.39. The number of benzene rings is 2. The molecule has 2 aromatic rings. The van der Waals surface area contributed by atoms with E-state index in [0.717, 1.165) is 24.8 Å². The van der Waals surface area contributed by atoms with Gasteiger partial charge in [-0.3, -0.25) is 0 Å². The van der Waals surface area contributed by atoms with Crippen LogP contribution in [0.5, 0.6) is 0 Å². The molecule has 2 nitrogen and oxygen atoms in total. The smallest absolute Gasteiger partial charge is 0.423 e. The van der Waals surface area contributed by atoms with E-state index in [9.17, 15) is 8.78 Å². The van der Waals surface area contributed by atoms with E-state index in [1.165, 1.54) is 17.7 Å². The molecule has 2 N–H and O–H groups in total. The van der Waals surface area contributed by atoms with Gasteiger partial charge in [0.25, 0.3) is 0 Å². The summed E-state index contributed by atoms with van der Waals surface area (Å²) < 4.78 is 28.0. The van der Waals surface area contributed by atoms with Crippen LogP contribution in [0.4, 0.5) is 8.78 Å². The standard InChI is InChI=1S/C17H19BF2O2/c1-3-4-5-12-6-7-13(10-11(12)2)14-8-9-15(18(21)22)17(20)16(14)19/h6-10,21-22H,3-5H2,1-2H3. The maximum Gasteiger partial charge on any atom is 0.491 e. The second-order valence-electron chi connectivity index (χ2n) is 5.45. The van der Waals surface area contributed by atoms with Crippen LogP contribution >= 0.6 is 0 Å². The fourth-order valence-corrected chi connectivity index (χ4v) is 2.50. The third kappa shape index (κ3) is 3.37.